The molecule has 0 aromatic rings. The van der Waals surface area contributed by atoms with Gasteiger partial charge in [-0.05, 0) is 25.2 Å². The van der Waals surface area contributed by atoms with Crippen LogP contribution < -0.4 is 0 Å². The van der Waals surface area contributed by atoms with Gasteiger partial charge in [0.05, 0.1) is 5.92 Å². The number of nitrogens with zero attached hydrogens (tertiary/aromatic N) is 2. The van der Waals surface area contributed by atoms with Crippen LogP contribution in [0.25, 0.3) is 0 Å². The number of amides is 2. The molecule has 0 spiro atoms. The van der Waals surface area contributed by atoms with Crippen LogP contribution in [0.2, 0.25) is 0 Å². The van der Waals surface area contributed by atoms with Gasteiger partial charge in [-0.15, -0.1) is 0 Å². The number of likely N-dealkylation sites (tertiary alicyclic amines) is 2. The molecule has 1 N–H and O–H groups in total. The normalized spacial score (nSPS) is 28.0. The first-order valence-corrected chi connectivity index (χ1v) is 7.07. The maximum Gasteiger partial charge on any atom is 0.391 e. The number of alkyl halides is 3. The van der Waals surface area contributed by atoms with Crippen LogP contribution in [0, 0.1) is 11.8 Å². The summed E-state index contributed by atoms with van der Waals surface area (Å²) in [7, 11) is 0. The number of aliphatic carboxylic acids is 1. The molecule has 21 heavy (non-hydrogen) atoms. The summed E-state index contributed by atoms with van der Waals surface area (Å²) in [6.07, 6.45) is -3.85. The molecule has 0 radical (unpaired) electrons. The molecule has 2 unspecified atom stereocenters. The predicted octanol–water partition coefficient (Wildman–Crippen LogP) is 2.18. The van der Waals surface area contributed by atoms with Gasteiger partial charge in [0.2, 0.25) is 0 Å². The van der Waals surface area contributed by atoms with Crippen molar-refractivity contribution >= 4 is 12.0 Å². The molecule has 120 valence electrons. The van der Waals surface area contributed by atoms with Crippen LogP contribution in [0.15, 0.2) is 0 Å². The quantitative estimate of drug-likeness (QED) is 0.807. The highest BCUT2D eigenvalue weighted by molar-refractivity contribution is 5.83. The Hall–Kier alpha value is -1.47. The number of carbonyl (C=O) groups excluding carboxylic acids is 1. The topological polar surface area (TPSA) is 60.9 Å². The Morgan fingerprint density at radius 2 is 1.67 bits per heavy atom. The molecule has 0 aliphatic carbocycles. The lowest BCUT2D eigenvalue weighted by Gasteiger charge is -2.36. The minimum Gasteiger partial charge on any atom is -0.480 e. The minimum atomic E-state index is -4.22. The summed E-state index contributed by atoms with van der Waals surface area (Å²) in [5.41, 5.74) is 0. The molecule has 0 aromatic carbocycles. The third-order valence-electron chi connectivity index (χ3n) is 4.43. The van der Waals surface area contributed by atoms with Crippen LogP contribution in [-0.2, 0) is 4.79 Å². The van der Waals surface area contributed by atoms with Gasteiger partial charge >= 0.3 is 18.2 Å². The smallest absolute Gasteiger partial charge is 0.391 e. The first kappa shape index (κ1) is 15.9. The van der Waals surface area contributed by atoms with E-state index in [0.717, 1.165) is 0 Å². The van der Waals surface area contributed by atoms with Crippen molar-refractivity contribution in [3.8, 4) is 0 Å². The molecular formula is C13H19F3N2O3. The van der Waals surface area contributed by atoms with Crippen molar-refractivity contribution in [3.05, 3.63) is 0 Å². The molecule has 0 bridgehead atoms. The average molecular weight is 308 g/mol. The Balaban J connectivity index is 1.97. The third kappa shape index (κ3) is 3.24. The van der Waals surface area contributed by atoms with E-state index < -0.39 is 30.1 Å². The van der Waals surface area contributed by atoms with Crippen LogP contribution in [-0.4, -0.2) is 58.8 Å². The predicted molar refractivity (Wildman–Crippen MR) is 67.7 cm³/mol. The van der Waals surface area contributed by atoms with E-state index in [0.29, 0.717) is 13.0 Å². The molecule has 2 saturated heterocycles. The van der Waals surface area contributed by atoms with Crippen LogP contribution in [0.1, 0.15) is 26.2 Å². The number of carboxylic acid groups (broad SMARTS) is 1. The van der Waals surface area contributed by atoms with Gasteiger partial charge < -0.3 is 14.9 Å². The zero-order valence-electron chi connectivity index (χ0n) is 11.8. The molecule has 8 heteroatoms. The third-order valence-corrected chi connectivity index (χ3v) is 4.43. The van der Waals surface area contributed by atoms with Gasteiger partial charge in [-0.1, -0.05) is 6.92 Å². The number of carbonyl (C=O) groups is 2. The van der Waals surface area contributed by atoms with Crippen LogP contribution in [0.4, 0.5) is 18.0 Å². The first-order chi connectivity index (χ1) is 9.71. The van der Waals surface area contributed by atoms with E-state index in [1.165, 1.54) is 9.80 Å². The van der Waals surface area contributed by atoms with Crippen molar-refractivity contribution in [2.75, 3.05) is 19.6 Å². The van der Waals surface area contributed by atoms with E-state index in [1.807, 2.05) is 0 Å². The van der Waals surface area contributed by atoms with Crippen molar-refractivity contribution < 1.29 is 27.9 Å². The van der Waals surface area contributed by atoms with Crippen molar-refractivity contribution in [2.45, 2.75) is 38.4 Å². The summed E-state index contributed by atoms with van der Waals surface area (Å²) in [4.78, 5) is 26.2. The Morgan fingerprint density at radius 3 is 2.14 bits per heavy atom. The zero-order chi connectivity index (χ0) is 15.8. The van der Waals surface area contributed by atoms with E-state index >= 15 is 0 Å². The van der Waals surface area contributed by atoms with Gasteiger partial charge in [0, 0.05) is 19.6 Å². The van der Waals surface area contributed by atoms with Crippen LogP contribution >= 0.6 is 0 Å². The second kappa shape index (κ2) is 5.73. The number of piperidine rings is 1. The Kier molecular flexibility index (Phi) is 4.34. The number of urea groups is 1. The molecule has 2 aliphatic rings. The van der Waals surface area contributed by atoms with Gasteiger partial charge in [0.25, 0.3) is 0 Å². The largest absolute Gasteiger partial charge is 0.480 e. The molecule has 2 amide bonds. The highest BCUT2D eigenvalue weighted by Gasteiger charge is 2.45. The molecule has 2 atom stereocenters. The fourth-order valence-electron chi connectivity index (χ4n) is 3.12. The lowest BCUT2D eigenvalue weighted by molar-refractivity contribution is -0.183. The molecular weight excluding hydrogens is 289 g/mol. The summed E-state index contributed by atoms with van der Waals surface area (Å²) in [5, 5.41) is 9.19. The number of carboxylic acids is 1. The van der Waals surface area contributed by atoms with Crippen LogP contribution in [0.5, 0.6) is 0 Å². The zero-order valence-corrected chi connectivity index (χ0v) is 11.8. The van der Waals surface area contributed by atoms with Gasteiger partial charge in [0.1, 0.15) is 6.04 Å². The fourth-order valence-corrected chi connectivity index (χ4v) is 3.12. The molecule has 2 fully saturated rings. The van der Waals surface area contributed by atoms with Crippen molar-refractivity contribution in [1.29, 1.82) is 0 Å². The fraction of sp³-hybridized carbons (Fsp3) is 0.846. The SMILES string of the molecule is CC1CCN(C(=O)N2CCC(C(F)(F)F)CC2)C1C(=O)O. The second-order valence-corrected chi connectivity index (χ2v) is 5.83. The number of hydrogen-bond acceptors (Lipinski definition) is 2. The Morgan fingerprint density at radius 1 is 1.10 bits per heavy atom. The summed E-state index contributed by atoms with van der Waals surface area (Å²) >= 11 is 0. The van der Waals surface area contributed by atoms with E-state index in [4.69, 9.17) is 0 Å². The van der Waals surface area contributed by atoms with E-state index in [-0.39, 0.29) is 31.8 Å². The van der Waals surface area contributed by atoms with Gasteiger partial charge in [-0.25, -0.2) is 9.59 Å². The first-order valence-electron chi connectivity index (χ1n) is 7.07. The lowest BCUT2D eigenvalue weighted by atomic mass is 9.96. The van der Waals surface area contributed by atoms with E-state index in [1.54, 1.807) is 6.92 Å². The summed E-state index contributed by atoms with van der Waals surface area (Å²) in [5.74, 6) is -2.56. The summed E-state index contributed by atoms with van der Waals surface area (Å²) in [6, 6.07) is -1.33. The minimum absolute atomic E-state index is 0.0280. The maximum atomic E-state index is 12.6. The van der Waals surface area contributed by atoms with Crippen LogP contribution in [0.3, 0.4) is 0 Å². The molecule has 0 aromatic heterocycles. The number of hydrogen-bond donors (Lipinski definition) is 1. The molecule has 2 heterocycles. The molecule has 0 saturated carbocycles. The number of rotatable bonds is 1. The standard InChI is InChI=1S/C13H19F3N2O3/c1-8-2-7-18(10(8)11(19)20)12(21)17-5-3-9(4-6-17)13(14,15)16/h8-10H,2-7H2,1H3,(H,19,20). The van der Waals surface area contributed by atoms with Gasteiger partial charge in [-0.3, -0.25) is 0 Å². The van der Waals surface area contributed by atoms with E-state index in [2.05, 4.69) is 0 Å². The van der Waals surface area contributed by atoms with Crippen molar-refractivity contribution in [3.63, 3.8) is 0 Å². The van der Waals surface area contributed by atoms with Gasteiger partial charge in [-0.2, -0.15) is 13.2 Å². The molecule has 2 aliphatic heterocycles. The number of halogens is 3. The van der Waals surface area contributed by atoms with Gasteiger partial charge in [0.15, 0.2) is 0 Å². The highest BCUT2D eigenvalue weighted by Crippen LogP contribution is 2.35. The lowest BCUT2D eigenvalue weighted by Crippen LogP contribution is -2.52. The summed E-state index contributed by atoms with van der Waals surface area (Å²) < 4.78 is 37.8. The molecule has 2 rings (SSSR count). The van der Waals surface area contributed by atoms with E-state index in [9.17, 15) is 27.9 Å². The van der Waals surface area contributed by atoms with Crippen molar-refractivity contribution in [1.82, 2.24) is 9.80 Å². The molecule has 5 nitrogen and oxygen atoms in total. The Labute approximate surface area is 120 Å². The average Bonchev–Trinajstić information content (AvgIpc) is 2.79. The monoisotopic (exact) mass is 308 g/mol. The van der Waals surface area contributed by atoms with Crippen molar-refractivity contribution in [2.24, 2.45) is 11.8 Å². The highest BCUT2D eigenvalue weighted by atomic mass is 19.4. The summed E-state index contributed by atoms with van der Waals surface area (Å²) in [6.45, 7) is 2.17. The second-order valence-electron chi connectivity index (χ2n) is 5.83. The maximum absolute atomic E-state index is 12.6. The Bertz CT molecular complexity index is 419.